The average molecular weight is 637 g/mol. The largest absolute Gasteiger partial charge is 0.496 e. The molecule has 5 rings (SSSR count). The maximum Gasteiger partial charge on any atom is 0.320 e. The van der Waals surface area contributed by atoms with Gasteiger partial charge in [0.2, 0.25) is 0 Å². The summed E-state index contributed by atoms with van der Waals surface area (Å²) in [5.74, 6) is 1.24. The van der Waals surface area contributed by atoms with Gasteiger partial charge in [0.15, 0.2) is 0 Å². The van der Waals surface area contributed by atoms with Crippen molar-refractivity contribution in [1.82, 2.24) is 9.80 Å². The van der Waals surface area contributed by atoms with Gasteiger partial charge in [0, 0.05) is 37.8 Å². The third kappa shape index (κ3) is 8.11. The van der Waals surface area contributed by atoms with Gasteiger partial charge in [0.1, 0.15) is 29.9 Å². The predicted molar refractivity (Wildman–Crippen MR) is 177 cm³/mol. The molecule has 0 bridgehead atoms. The Morgan fingerprint density at radius 1 is 0.933 bits per heavy atom. The standard InChI is InChI=1S/C36H45ClN2O6/c1-24-26(23-45-35-20-34(43-3)27(19-31(35)37)21-39-16-5-4-12-32(39)36(41)42)9-6-10-29(24)30-11-7-13-33(25(30)2)44-18-8-15-38-17-14-28(40)22-38/h6-7,9-11,13,19-20,28,32,40H,4-5,8,12,14-18,21-23H2,1-3H3,(H,41,42)/t28?,32-/m0/s1. The number of aliphatic hydroxyl groups excluding tert-OH is 1. The number of carboxylic acid groups (broad SMARTS) is 1. The average Bonchev–Trinajstić information content (AvgIpc) is 3.45. The predicted octanol–water partition coefficient (Wildman–Crippen LogP) is 6.49. The summed E-state index contributed by atoms with van der Waals surface area (Å²) in [5.41, 5.74) is 6.35. The van der Waals surface area contributed by atoms with Crippen molar-refractivity contribution in [2.24, 2.45) is 0 Å². The zero-order valence-electron chi connectivity index (χ0n) is 26.6. The Morgan fingerprint density at radius 3 is 2.44 bits per heavy atom. The number of hydrogen-bond donors (Lipinski definition) is 2. The van der Waals surface area contributed by atoms with E-state index in [2.05, 4.69) is 36.9 Å². The molecule has 3 aromatic carbocycles. The van der Waals surface area contributed by atoms with Crippen LogP contribution in [0.3, 0.4) is 0 Å². The highest BCUT2D eigenvalue weighted by atomic mass is 35.5. The van der Waals surface area contributed by atoms with Crippen LogP contribution in [0.5, 0.6) is 17.2 Å². The molecule has 2 atom stereocenters. The molecule has 3 aromatic rings. The molecule has 45 heavy (non-hydrogen) atoms. The second kappa shape index (κ2) is 15.3. The van der Waals surface area contributed by atoms with Crippen LogP contribution in [0.4, 0.5) is 0 Å². The highest BCUT2D eigenvalue weighted by molar-refractivity contribution is 6.32. The zero-order valence-corrected chi connectivity index (χ0v) is 27.3. The minimum atomic E-state index is -0.790. The molecule has 2 fully saturated rings. The van der Waals surface area contributed by atoms with Gasteiger partial charge in [-0.15, -0.1) is 0 Å². The van der Waals surface area contributed by atoms with E-state index in [0.717, 1.165) is 91.0 Å². The van der Waals surface area contributed by atoms with Crippen LogP contribution in [0, 0.1) is 13.8 Å². The number of carbonyl (C=O) groups is 1. The van der Waals surface area contributed by atoms with Crippen molar-refractivity contribution >= 4 is 17.6 Å². The van der Waals surface area contributed by atoms with E-state index in [1.165, 1.54) is 0 Å². The molecular weight excluding hydrogens is 592 g/mol. The summed E-state index contributed by atoms with van der Waals surface area (Å²) in [4.78, 5) is 16.1. The fraction of sp³-hybridized carbons (Fsp3) is 0.472. The van der Waals surface area contributed by atoms with Gasteiger partial charge in [-0.3, -0.25) is 9.69 Å². The third-order valence-electron chi connectivity index (χ3n) is 9.13. The minimum Gasteiger partial charge on any atom is -0.496 e. The van der Waals surface area contributed by atoms with E-state index in [9.17, 15) is 15.0 Å². The molecule has 0 spiro atoms. The number of β-amino-alcohol motifs (C(OH)–C–C–N with tert-alkyl or cyclic N) is 1. The molecule has 0 aliphatic carbocycles. The Bertz CT molecular complexity index is 1480. The van der Waals surface area contributed by atoms with Crippen molar-refractivity contribution in [3.05, 3.63) is 75.8 Å². The molecule has 0 saturated carbocycles. The molecule has 242 valence electrons. The van der Waals surface area contributed by atoms with E-state index in [1.807, 2.05) is 29.2 Å². The molecule has 0 radical (unpaired) electrons. The lowest BCUT2D eigenvalue weighted by Crippen LogP contribution is -2.44. The van der Waals surface area contributed by atoms with Crippen LogP contribution < -0.4 is 14.2 Å². The van der Waals surface area contributed by atoms with Crippen molar-refractivity contribution in [1.29, 1.82) is 0 Å². The number of ether oxygens (including phenoxy) is 3. The molecule has 2 N–H and O–H groups in total. The van der Waals surface area contributed by atoms with Crippen molar-refractivity contribution < 1.29 is 29.2 Å². The summed E-state index contributed by atoms with van der Waals surface area (Å²) < 4.78 is 18.1. The third-order valence-corrected chi connectivity index (χ3v) is 9.43. The summed E-state index contributed by atoms with van der Waals surface area (Å²) in [5, 5.41) is 19.9. The van der Waals surface area contributed by atoms with Crippen LogP contribution in [-0.2, 0) is 17.9 Å². The lowest BCUT2D eigenvalue weighted by molar-refractivity contribution is -0.144. The highest BCUT2D eigenvalue weighted by Crippen LogP contribution is 2.37. The SMILES string of the molecule is COc1cc(OCc2cccc(-c3cccc(OCCCN4CCC(O)C4)c3C)c2C)c(Cl)cc1CN1CCCC[C@H]1C(=O)O. The topological polar surface area (TPSA) is 91.7 Å². The van der Waals surface area contributed by atoms with E-state index in [0.29, 0.717) is 42.7 Å². The smallest absolute Gasteiger partial charge is 0.320 e. The van der Waals surface area contributed by atoms with Gasteiger partial charge in [0.25, 0.3) is 0 Å². The lowest BCUT2D eigenvalue weighted by Gasteiger charge is -2.33. The van der Waals surface area contributed by atoms with Crippen molar-refractivity contribution in [3.63, 3.8) is 0 Å². The molecule has 2 aliphatic heterocycles. The van der Waals surface area contributed by atoms with E-state index in [1.54, 1.807) is 13.2 Å². The van der Waals surface area contributed by atoms with Gasteiger partial charge in [-0.05, 0) is 86.0 Å². The van der Waals surface area contributed by atoms with Crippen LogP contribution in [0.15, 0.2) is 48.5 Å². The maximum atomic E-state index is 11.8. The fourth-order valence-electron chi connectivity index (χ4n) is 6.51. The maximum absolute atomic E-state index is 11.8. The van der Waals surface area contributed by atoms with Gasteiger partial charge in [-0.25, -0.2) is 0 Å². The summed E-state index contributed by atoms with van der Waals surface area (Å²) in [6.45, 7) is 8.98. The molecular formula is C36H45ClN2O6. The Morgan fingerprint density at radius 2 is 1.71 bits per heavy atom. The molecule has 1 unspecified atom stereocenters. The van der Waals surface area contributed by atoms with Crippen LogP contribution in [0.1, 0.15) is 54.4 Å². The number of likely N-dealkylation sites (tertiary alicyclic amines) is 2. The van der Waals surface area contributed by atoms with E-state index in [-0.39, 0.29) is 6.10 Å². The summed E-state index contributed by atoms with van der Waals surface area (Å²) in [7, 11) is 1.61. The van der Waals surface area contributed by atoms with Gasteiger partial charge in [-0.1, -0.05) is 48.4 Å². The molecule has 2 aliphatic rings. The second-order valence-corrected chi connectivity index (χ2v) is 12.6. The van der Waals surface area contributed by atoms with Crippen LogP contribution in [0.25, 0.3) is 11.1 Å². The fourth-order valence-corrected chi connectivity index (χ4v) is 6.75. The number of nitrogens with zero attached hydrogens (tertiary/aromatic N) is 2. The summed E-state index contributed by atoms with van der Waals surface area (Å²) in [6.07, 6.45) is 4.11. The lowest BCUT2D eigenvalue weighted by atomic mass is 9.93. The number of rotatable bonds is 13. The number of aliphatic carboxylic acids is 1. The van der Waals surface area contributed by atoms with Crippen molar-refractivity contribution in [2.45, 2.75) is 71.2 Å². The molecule has 8 nitrogen and oxygen atoms in total. The first-order chi connectivity index (χ1) is 21.7. The number of methoxy groups -OCH3 is 1. The molecule has 9 heteroatoms. The highest BCUT2D eigenvalue weighted by Gasteiger charge is 2.29. The molecule has 0 aromatic heterocycles. The van der Waals surface area contributed by atoms with Gasteiger partial charge in [-0.2, -0.15) is 0 Å². The number of halogens is 1. The Balaban J connectivity index is 1.25. The first-order valence-electron chi connectivity index (χ1n) is 15.9. The normalized spacial score (nSPS) is 19.0. The first kappa shape index (κ1) is 33.1. The quantitative estimate of drug-likeness (QED) is 0.206. The molecule has 0 amide bonds. The zero-order chi connectivity index (χ0) is 31.9. The monoisotopic (exact) mass is 636 g/mol. The molecule has 2 heterocycles. The number of piperidine rings is 1. The Hall–Kier alpha value is -3.30. The van der Waals surface area contributed by atoms with Crippen molar-refractivity contribution in [2.75, 3.05) is 39.9 Å². The van der Waals surface area contributed by atoms with Crippen LogP contribution in [-0.4, -0.2) is 78.0 Å². The Labute approximate surface area is 271 Å². The Kier molecular flexibility index (Phi) is 11.3. The van der Waals surface area contributed by atoms with E-state index >= 15 is 0 Å². The van der Waals surface area contributed by atoms with Gasteiger partial charge in [0.05, 0.1) is 24.8 Å². The number of carboxylic acids is 1. The summed E-state index contributed by atoms with van der Waals surface area (Å²) in [6, 6.07) is 15.5. The number of aliphatic hydroxyl groups is 1. The van der Waals surface area contributed by atoms with Crippen molar-refractivity contribution in [3.8, 4) is 28.4 Å². The first-order valence-corrected chi connectivity index (χ1v) is 16.3. The van der Waals surface area contributed by atoms with Crippen LogP contribution in [0.2, 0.25) is 5.02 Å². The minimum absolute atomic E-state index is 0.195. The summed E-state index contributed by atoms with van der Waals surface area (Å²) >= 11 is 6.70. The van der Waals surface area contributed by atoms with Gasteiger partial charge >= 0.3 is 5.97 Å². The van der Waals surface area contributed by atoms with E-state index < -0.39 is 12.0 Å². The van der Waals surface area contributed by atoms with E-state index in [4.69, 9.17) is 25.8 Å². The number of benzene rings is 3. The second-order valence-electron chi connectivity index (χ2n) is 12.2. The van der Waals surface area contributed by atoms with Gasteiger partial charge < -0.3 is 29.3 Å². The number of hydrogen-bond acceptors (Lipinski definition) is 7. The van der Waals surface area contributed by atoms with Crippen LogP contribution >= 0.6 is 11.6 Å². The molecule has 2 saturated heterocycles.